The molecular weight excluding hydrogens is 480 g/mol. The molecule has 3 rings (SSSR count). The van der Waals surface area contributed by atoms with Gasteiger partial charge in [-0.2, -0.15) is 0 Å². The molecule has 0 radical (unpaired) electrons. The van der Waals surface area contributed by atoms with E-state index in [0.717, 1.165) is 0 Å². The van der Waals surface area contributed by atoms with Crippen molar-refractivity contribution in [1.29, 1.82) is 0 Å². The molecule has 0 amide bonds. The van der Waals surface area contributed by atoms with E-state index in [9.17, 15) is 9.59 Å². The molecule has 1 aliphatic rings. The van der Waals surface area contributed by atoms with Crippen LogP contribution in [0.5, 0.6) is 23.0 Å². The highest BCUT2D eigenvalue weighted by atomic mass is 35.5. The highest BCUT2D eigenvalue weighted by Gasteiger charge is 2.38. The standard InChI is InChI=1S/C29H35ClO6/c1-7-12-23(31)35-24-21-14-13-20(30)17-22(21)25(27(34-19(5)6)26(24)33-18(3)4)36-28(32)29(8-2)15-10-9-11-16-29/h9-11,13-15,17-19H,7-8,12,16H2,1-6H3. The predicted molar refractivity (Wildman–Crippen MR) is 142 cm³/mol. The van der Waals surface area contributed by atoms with Gasteiger partial charge in [-0.1, -0.05) is 49.8 Å². The molecule has 2 aromatic rings. The summed E-state index contributed by atoms with van der Waals surface area (Å²) in [6, 6.07) is 5.10. The first-order chi connectivity index (χ1) is 17.1. The zero-order valence-corrected chi connectivity index (χ0v) is 22.6. The number of fused-ring (bicyclic) bond motifs is 1. The Kier molecular flexibility index (Phi) is 9.07. The van der Waals surface area contributed by atoms with Crippen molar-refractivity contribution >= 4 is 34.3 Å². The lowest BCUT2D eigenvalue weighted by molar-refractivity contribution is -0.143. The Balaban J connectivity index is 2.31. The molecular formula is C29H35ClO6. The van der Waals surface area contributed by atoms with Gasteiger partial charge in [-0.15, -0.1) is 0 Å². The number of carbonyl (C=O) groups is 2. The number of carbonyl (C=O) groups excluding carboxylic acids is 2. The van der Waals surface area contributed by atoms with Crippen molar-refractivity contribution in [2.24, 2.45) is 5.41 Å². The molecule has 0 saturated carbocycles. The van der Waals surface area contributed by atoms with Crippen LogP contribution in [-0.2, 0) is 9.59 Å². The van der Waals surface area contributed by atoms with Gasteiger partial charge >= 0.3 is 11.9 Å². The maximum Gasteiger partial charge on any atom is 0.321 e. The number of esters is 2. The lowest BCUT2D eigenvalue weighted by Crippen LogP contribution is -2.33. The van der Waals surface area contributed by atoms with E-state index in [1.807, 2.05) is 65.8 Å². The van der Waals surface area contributed by atoms with Crippen molar-refractivity contribution in [3.63, 3.8) is 0 Å². The van der Waals surface area contributed by atoms with Gasteiger partial charge in [-0.25, -0.2) is 0 Å². The van der Waals surface area contributed by atoms with Crippen LogP contribution in [0.25, 0.3) is 10.8 Å². The zero-order chi connectivity index (χ0) is 26.5. The monoisotopic (exact) mass is 514 g/mol. The molecule has 0 bridgehead atoms. The summed E-state index contributed by atoms with van der Waals surface area (Å²) in [6.45, 7) is 11.3. The van der Waals surface area contributed by atoms with Crippen LogP contribution in [0.1, 0.15) is 67.2 Å². The Morgan fingerprint density at radius 3 is 2.08 bits per heavy atom. The quantitative estimate of drug-likeness (QED) is 0.240. The Morgan fingerprint density at radius 2 is 1.56 bits per heavy atom. The van der Waals surface area contributed by atoms with E-state index < -0.39 is 17.4 Å². The highest BCUT2D eigenvalue weighted by molar-refractivity contribution is 6.31. The van der Waals surface area contributed by atoms with Crippen LogP contribution in [0.4, 0.5) is 0 Å². The maximum atomic E-state index is 13.6. The van der Waals surface area contributed by atoms with Crippen molar-refractivity contribution in [3.8, 4) is 23.0 Å². The summed E-state index contributed by atoms with van der Waals surface area (Å²) >= 11 is 6.38. The van der Waals surface area contributed by atoms with Crippen molar-refractivity contribution in [3.05, 3.63) is 47.5 Å². The molecule has 0 N–H and O–H groups in total. The van der Waals surface area contributed by atoms with E-state index in [-0.39, 0.29) is 41.6 Å². The first-order valence-corrected chi connectivity index (χ1v) is 12.9. The highest BCUT2D eigenvalue weighted by Crippen LogP contribution is 2.53. The van der Waals surface area contributed by atoms with Gasteiger partial charge < -0.3 is 18.9 Å². The molecule has 0 spiro atoms. The largest absolute Gasteiger partial charge is 0.484 e. The third-order valence-corrected chi connectivity index (χ3v) is 6.08. The van der Waals surface area contributed by atoms with E-state index in [4.69, 9.17) is 30.5 Å². The molecule has 1 aliphatic carbocycles. The Hall–Kier alpha value is -2.99. The topological polar surface area (TPSA) is 71.1 Å². The fraction of sp³-hybridized carbons (Fsp3) is 0.448. The number of benzene rings is 2. The molecule has 0 aliphatic heterocycles. The number of hydrogen-bond acceptors (Lipinski definition) is 6. The van der Waals surface area contributed by atoms with Gasteiger partial charge in [0, 0.05) is 22.2 Å². The van der Waals surface area contributed by atoms with Gasteiger partial charge in [0.05, 0.1) is 17.6 Å². The van der Waals surface area contributed by atoms with Crippen molar-refractivity contribution in [2.75, 3.05) is 0 Å². The van der Waals surface area contributed by atoms with Crippen LogP contribution in [0, 0.1) is 5.41 Å². The lowest BCUT2D eigenvalue weighted by atomic mass is 9.79. The number of allylic oxidation sites excluding steroid dienone is 3. The van der Waals surface area contributed by atoms with E-state index in [0.29, 0.717) is 35.1 Å². The van der Waals surface area contributed by atoms with Crippen molar-refractivity contribution in [1.82, 2.24) is 0 Å². The van der Waals surface area contributed by atoms with Gasteiger partial charge in [0.2, 0.25) is 11.5 Å². The molecule has 36 heavy (non-hydrogen) atoms. The molecule has 0 saturated heterocycles. The molecule has 2 aromatic carbocycles. The predicted octanol–water partition coefficient (Wildman–Crippen LogP) is 7.59. The first-order valence-electron chi connectivity index (χ1n) is 12.5. The summed E-state index contributed by atoms with van der Waals surface area (Å²) in [5.74, 6) is 0.00867. The van der Waals surface area contributed by atoms with Crippen LogP contribution in [0.3, 0.4) is 0 Å². The van der Waals surface area contributed by atoms with Crippen LogP contribution < -0.4 is 18.9 Å². The maximum absolute atomic E-state index is 13.6. The molecule has 0 heterocycles. The Bertz CT molecular complexity index is 1180. The molecule has 7 heteroatoms. The second kappa shape index (κ2) is 11.8. The second-order valence-electron chi connectivity index (χ2n) is 9.45. The van der Waals surface area contributed by atoms with E-state index >= 15 is 0 Å². The number of halogens is 1. The molecule has 0 fully saturated rings. The Labute approximate surface area is 218 Å². The summed E-state index contributed by atoms with van der Waals surface area (Å²) < 4.78 is 24.3. The van der Waals surface area contributed by atoms with Gasteiger partial charge in [0.15, 0.2) is 11.5 Å². The summed E-state index contributed by atoms with van der Waals surface area (Å²) in [4.78, 5) is 26.2. The fourth-order valence-electron chi connectivity index (χ4n) is 4.03. The minimum atomic E-state index is -0.805. The van der Waals surface area contributed by atoms with Crippen LogP contribution in [0.15, 0.2) is 42.5 Å². The Morgan fingerprint density at radius 1 is 0.917 bits per heavy atom. The van der Waals surface area contributed by atoms with Crippen LogP contribution in [-0.4, -0.2) is 24.1 Å². The average Bonchev–Trinajstić information content (AvgIpc) is 2.83. The summed E-state index contributed by atoms with van der Waals surface area (Å²) in [5, 5.41) is 1.45. The smallest absolute Gasteiger partial charge is 0.321 e. The molecule has 194 valence electrons. The summed E-state index contributed by atoms with van der Waals surface area (Å²) in [7, 11) is 0. The second-order valence-corrected chi connectivity index (χ2v) is 9.89. The van der Waals surface area contributed by atoms with Crippen molar-refractivity contribution < 1.29 is 28.5 Å². The van der Waals surface area contributed by atoms with E-state index in [1.54, 1.807) is 18.2 Å². The van der Waals surface area contributed by atoms with Crippen LogP contribution in [0.2, 0.25) is 5.02 Å². The van der Waals surface area contributed by atoms with Gasteiger partial charge in [-0.05, 0) is 65.2 Å². The van der Waals surface area contributed by atoms with Gasteiger partial charge in [0.1, 0.15) is 0 Å². The first kappa shape index (κ1) is 27.6. The minimum absolute atomic E-state index is 0.188. The molecule has 1 unspecified atom stereocenters. The number of hydrogen-bond donors (Lipinski definition) is 0. The minimum Gasteiger partial charge on any atom is -0.484 e. The lowest BCUT2D eigenvalue weighted by Gasteiger charge is -2.29. The van der Waals surface area contributed by atoms with E-state index in [2.05, 4.69) is 0 Å². The summed E-state index contributed by atoms with van der Waals surface area (Å²) in [5.41, 5.74) is -0.805. The third kappa shape index (κ3) is 6.04. The molecule has 0 aromatic heterocycles. The van der Waals surface area contributed by atoms with Gasteiger partial charge in [0.25, 0.3) is 0 Å². The fourth-order valence-corrected chi connectivity index (χ4v) is 4.20. The van der Waals surface area contributed by atoms with Crippen molar-refractivity contribution in [2.45, 2.75) is 79.4 Å². The average molecular weight is 515 g/mol. The van der Waals surface area contributed by atoms with Crippen LogP contribution >= 0.6 is 11.6 Å². The third-order valence-electron chi connectivity index (χ3n) is 5.84. The summed E-state index contributed by atoms with van der Waals surface area (Å²) in [6.07, 6.45) is 9.01. The number of ether oxygens (including phenoxy) is 4. The van der Waals surface area contributed by atoms with Gasteiger partial charge in [-0.3, -0.25) is 9.59 Å². The molecule has 1 atom stereocenters. The molecule has 6 nitrogen and oxygen atoms in total. The normalized spacial score (nSPS) is 17.0. The SMILES string of the molecule is CCCC(=O)Oc1c(OC(C)C)c(OC(C)C)c(OC(=O)C2(CC)C=CC=CC2)c2cc(Cl)ccc12. The zero-order valence-electron chi connectivity index (χ0n) is 21.9. The number of rotatable bonds is 10. The van der Waals surface area contributed by atoms with E-state index in [1.165, 1.54) is 0 Å².